The number of rotatable bonds is 2. The molecule has 104 valence electrons. The molecule has 2 aromatic heterocycles. The molecule has 2 heterocycles. The van der Waals surface area contributed by atoms with E-state index in [9.17, 15) is 9.59 Å². The Hall–Kier alpha value is -3.29. The van der Waals surface area contributed by atoms with Crippen LogP contribution in [0, 0.1) is 0 Å². The first kappa shape index (κ1) is 12.7. The summed E-state index contributed by atoms with van der Waals surface area (Å²) in [6.45, 7) is 0. The standard InChI is InChI=1S/C13H10N6O2/c20-11(12(21)19-13-14-4-1-5-15-13)18-8-2-3-9-10(6-8)17-7-16-9/h1-7H,(H,16,17)(H,18,20)(H,14,15,19,21). The minimum atomic E-state index is -0.842. The first-order chi connectivity index (χ1) is 10.2. The SMILES string of the molecule is O=C(Nc1ccc2nc[nH]c2c1)C(=O)Nc1ncccn1. The van der Waals surface area contributed by atoms with Crippen LogP contribution in [0.1, 0.15) is 0 Å². The zero-order chi connectivity index (χ0) is 14.7. The van der Waals surface area contributed by atoms with Crippen molar-refractivity contribution in [1.29, 1.82) is 0 Å². The summed E-state index contributed by atoms with van der Waals surface area (Å²) in [6, 6.07) is 6.69. The first-order valence-electron chi connectivity index (χ1n) is 6.05. The van der Waals surface area contributed by atoms with Crippen molar-refractivity contribution in [2.45, 2.75) is 0 Å². The summed E-state index contributed by atoms with van der Waals surface area (Å²) in [5, 5.41) is 4.79. The van der Waals surface area contributed by atoms with Crippen molar-refractivity contribution in [3.8, 4) is 0 Å². The summed E-state index contributed by atoms with van der Waals surface area (Å²) >= 11 is 0. The maximum absolute atomic E-state index is 11.8. The maximum atomic E-state index is 11.8. The van der Waals surface area contributed by atoms with Crippen LogP contribution in [0.2, 0.25) is 0 Å². The van der Waals surface area contributed by atoms with Crippen LogP contribution < -0.4 is 10.6 Å². The fraction of sp³-hybridized carbons (Fsp3) is 0. The lowest BCUT2D eigenvalue weighted by atomic mass is 10.2. The second-order valence-corrected chi connectivity index (χ2v) is 4.12. The molecule has 0 fully saturated rings. The van der Waals surface area contributed by atoms with E-state index in [1.165, 1.54) is 12.4 Å². The van der Waals surface area contributed by atoms with Crippen molar-refractivity contribution in [2.24, 2.45) is 0 Å². The predicted octanol–water partition coefficient (Wildman–Crippen LogP) is 0.930. The molecule has 3 N–H and O–H groups in total. The van der Waals surface area contributed by atoms with Crippen LogP contribution in [-0.4, -0.2) is 31.8 Å². The van der Waals surface area contributed by atoms with Gasteiger partial charge in [0.2, 0.25) is 5.95 Å². The monoisotopic (exact) mass is 282 g/mol. The topological polar surface area (TPSA) is 113 Å². The largest absolute Gasteiger partial charge is 0.345 e. The third-order valence-electron chi connectivity index (χ3n) is 2.68. The number of hydrogen-bond donors (Lipinski definition) is 3. The van der Waals surface area contributed by atoms with E-state index < -0.39 is 11.8 Å². The predicted molar refractivity (Wildman–Crippen MR) is 75.4 cm³/mol. The van der Waals surface area contributed by atoms with Crippen LogP contribution >= 0.6 is 0 Å². The molecule has 3 rings (SSSR count). The number of amides is 2. The Morgan fingerprint density at radius 1 is 1.00 bits per heavy atom. The van der Waals surface area contributed by atoms with Crippen LogP contribution in [0.3, 0.4) is 0 Å². The van der Waals surface area contributed by atoms with Gasteiger partial charge in [-0.15, -0.1) is 0 Å². The zero-order valence-corrected chi connectivity index (χ0v) is 10.7. The quantitative estimate of drug-likeness (QED) is 0.605. The summed E-state index contributed by atoms with van der Waals surface area (Å²) in [7, 11) is 0. The Morgan fingerprint density at radius 2 is 1.76 bits per heavy atom. The zero-order valence-electron chi connectivity index (χ0n) is 10.7. The highest BCUT2D eigenvalue weighted by Crippen LogP contribution is 2.15. The Morgan fingerprint density at radius 3 is 2.57 bits per heavy atom. The average Bonchev–Trinajstić information content (AvgIpc) is 2.95. The molecule has 8 nitrogen and oxygen atoms in total. The summed E-state index contributed by atoms with van der Waals surface area (Å²) in [5.74, 6) is -1.58. The van der Waals surface area contributed by atoms with E-state index in [2.05, 4.69) is 30.6 Å². The molecule has 0 atom stereocenters. The van der Waals surface area contributed by atoms with E-state index in [-0.39, 0.29) is 5.95 Å². The van der Waals surface area contributed by atoms with Gasteiger partial charge in [0.1, 0.15) is 0 Å². The van der Waals surface area contributed by atoms with Crippen molar-refractivity contribution < 1.29 is 9.59 Å². The lowest BCUT2D eigenvalue weighted by Crippen LogP contribution is -2.29. The van der Waals surface area contributed by atoms with Gasteiger partial charge in [-0.2, -0.15) is 0 Å². The van der Waals surface area contributed by atoms with Gasteiger partial charge in [0.15, 0.2) is 0 Å². The van der Waals surface area contributed by atoms with Gasteiger partial charge in [0, 0.05) is 18.1 Å². The van der Waals surface area contributed by atoms with Gasteiger partial charge in [0.25, 0.3) is 0 Å². The highest BCUT2D eigenvalue weighted by atomic mass is 16.2. The molecule has 0 aliphatic rings. The lowest BCUT2D eigenvalue weighted by molar-refractivity contribution is -0.133. The van der Waals surface area contributed by atoms with E-state index in [0.29, 0.717) is 5.69 Å². The van der Waals surface area contributed by atoms with Gasteiger partial charge in [0.05, 0.1) is 17.4 Å². The highest BCUT2D eigenvalue weighted by molar-refractivity contribution is 6.43. The van der Waals surface area contributed by atoms with Crippen LogP contribution in [-0.2, 0) is 9.59 Å². The Bertz CT molecular complexity index is 799. The minimum absolute atomic E-state index is 0.0710. The summed E-state index contributed by atoms with van der Waals surface area (Å²) in [4.78, 5) is 38.1. The number of aromatic nitrogens is 4. The number of carbonyl (C=O) groups excluding carboxylic acids is 2. The molecule has 0 bridgehead atoms. The first-order valence-corrected chi connectivity index (χ1v) is 6.05. The molecule has 0 unspecified atom stereocenters. The summed E-state index contributed by atoms with van der Waals surface area (Å²) in [5.41, 5.74) is 2.02. The molecule has 0 saturated heterocycles. The summed E-state index contributed by atoms with van der Waals surface area (Å²) < 4.78 is 0. The van der Waals surface area contributed by atoms with Crippen molar-refractivity contribution in [3.63, 3.8) is 0 Å². The number of aromatic amines is 1. The van der Waals surface area contributed by atoms with E-state index >= 15 is 0 Å². The van der Waals surface area contributed by atoms with Crippen molar-refractivity contribution >= 4 is 34.5 Å². The number of nitrogens with zero attached hydrogens (tertiary/aromatic N) is 3. The van der Waals surface area contributed by atoms with Crippen LogP contribution in [0.25, 0.3) is 11.0 Å². The minimum Gasteiger partial charge on any atom is -0.345 e. The molecular weight excluding hydrogens is 272 g/mol. The van der Waals surface area contributed by atoms with Gasteiger partial charge in [-0.3, -0.25) is 14.9 Å². The van der Waals surface area contributed by atoms with E-state index in [4.69, 9.17) is 0 Å². The fourth-order valence-electron chi connectivity index (χ4n) is 1.72. The number of anilines is 2. The molecule has 1 aromatic carbocycles. The number of H-pyrrole nitrogens is 1. The number of fused-ring (bicyclic) bond motifs is 1. The van der Waals surface area contributed by atoms with Gasteiger partial charge < -0.3 is 10.3 Å². The molecule has 21 heavy (non-hydrogen) atoms. The maximum Gasteiger partial charge on any atom is 0.316 e. The van der Waals surface area contributed by atoms with Crippen molar-refractivity contribution in [3.05, 3.63) is 43.0 Å². The Labute approximate surface area is 118 Å². The molecule has 0 aliphatic heterocycles. The van der Waals surface area contributed by atoms with E-state index in [0.717, 1.165) is 11.0 Å². The molecule has 2 amide bonds. The smallest absolute Gasteiger partial charge is 0.316 e. The van der Waals surface area contributed by atoms with Crippen molar-refractivity contribution in [1.82, 2.24) is 19.9 Å². The lowest BCUT2D eigenvalue weighted by Gasteiger charge is -2.05. The molecule has 0 aliphatic carbocycles. The van der Waals surface area contributed by atoms with Crippen LogP contribution in [0.5, 0.6) is 0 Å². The molecular formula is C13H10N6O2. The normalized spacial score (nSPS) is 10.3. The van der Waals surface area contributed by atoms with Gasteiger partial charge in [-0.05, 0) is 24.3 Å². The van der Waals surface area contributed by atoms with Gasteiger partial charge in [-0.1, -0.05) is 0 Å². The number of imidazole rings is 1. The Kier molecular flexibility index (Phi) is 3.26. The molecule has 8 heteroatoms. The van der Waals surface area contributed by atoms with Crippen LogP contribution in [0.15, 0.2) is 43.0 Å². The highest BCUT2D eigenvalue weighted by Gasteiger charge is 2.15. The molecule has 3 aromatic rings. The average molecular weight is 282 g/mol. The third-order valence-corrected chi connectivity index (χ3v) is 2.68. The molecule has 0 saturated carbocycles. The van der Waals surface area contributed by atoms with Gasteiger partial charge >= 0.3 is 11.8 Å². The van der Waals surface area contributed by atoms with E-state index in [1.54, 1.807) is 30.6 Å². The fourth-order valence-corrected chi connectivity index (χ4v) is 1.72. The van der Waals surface area contributed by atoms with Crippen LogP contribution in [0.4, 0.5) is 11.6 Å². The Balaban J connectivity index is 1.69. The number of nitrogens with one attached hydrogen (secondary N) is 3. The summed E-state index contributed by atoms with van der Waals surface area (Å²) in [6.07, 6.45) is 4.48. The van der Waals surface area contributed by atoms with Gasteiger partial charge in [-0.25, -0.2) is 15.0 Å². The molecule has 0 spiro atoms. The third kappa shape index (κ3) is 2.84. The second kappa shape index (κ2) is 5.37. The molecule has 0 radical (unpaired) electrons. The number of benzene rings is 1. The second-order valence-electron chi connectivity index (χ2n) is 4.12. The van der Waals surface area contributed by atoms with E-state index in [1.807, 2.05) is 0 Å². The number of hydrogen-bond acceptors (Lipinski definition) is 5. The van der Waals surface area contributed by atoms with Crippen molar-refractivity contribution in [2.75, 3.05) is 10.6 Å². The number of carbonyl (C=O) groups is 2.